The third-order valence-corrected chi connectivity index (χ3v) is 4.65. The highest BCUT2D eigenvalue weighted by Gasteiger charge is 2.30. The van der Waals surface area contributed by atoms with E-state index >= 15 is 0 Å². The normalized spacial score (nSPS) is 23.7. The highest BCUT2D eigenvalue weighted by Crippen LogP contribution is 2.27. The molecule has 1 saturated heterocycles. The Bertz CT molecular complexity index is 641. The lowest BCUT2D eigenvalue weighted by molar-refractivity contribution is 0.00707. The van der Waals surface area contributed by atoms with E-state index in [1.807, 2.05) is 31.2 Å². The van der Waals surface area contributed by atoms with Crippen LogP contribution < -0.4 is 4.74 Å². The summed E-state index contributed by atoms with van der Waals surface area (Å²) in [5.74, 6) is 2.29. The molecule has 3 rings (SSSR count). The molecule has 3 atom stereocenters. The average Bonchev–Trinajstić information content (AvgIpc) is 3.07. The lowest BCUT2D eigenvalue weighted by Crippen LogP contribution is -2.43. The number of ether oxygens (including phenoxy) is 1. The van der Waals surface area contributed by atoms with Gasteiger partial charge < -0.3 is 14.4 Å². The number of piperidine rings is 1. The van der Waals surface area contributed by atoms with Crippen LogP contribution in [0.25, 0.3) is 11.4 Å². The maximum absolute atomic E-state index is 10.1. The fraction of sp³-hybridized carbons (Fsp3) is 0.529. The lowest BCUT2D eigenvalue weighted by Gasteiger charge is -2.36. The molecule has 6 nitrogen and oxygen atoms in total. The molecular weight excluding hydrogens is 294 g/mol. The van der Waals surface area contributed by atoms with Crippen molar-refractivity contribution in [2.75, 3.05) is 20.2 Å². The van der Waals surface area contributed by atoms with Crippen LogP contribution in [0.1, 0.15) is 32.2 Å². The van der Waals surface area contributed by atoms with E-state index in [1.54, 1.807) is 7.11 Å². The van der Waals surface area contributed by atoms with Crippen LogP contribution in [0.15, 0.2) is 28.8 Å². The molecule has 1 aliphatic rings. The Morgan fingerprint density at radius 1 is 1.35 bits per heavy atom. The molecule has 1 N–H and O–H groups in total. The Balaban J connectivity index is 1.73. The summed E-state index contributed by atoms with van der Waals surface area (Å²) in [6.45, 7) is 5.69. The van der Waals surface area contributed by atoms with Gasteiger partial charge in [-0.1, -0.05) is 12.1 Å². The molecule has 2 aromatic rings. The molecule has 1 aromatic carbocycles. The molecule has 3 unspecified atom stereocenters. The molecule has 0 aliphatic carbocycles. The largest absolute Gasteiger partial charge is 0.497 e. The molecule has 124 valence electrons. The number of β-amino-alcohol motifs (C(OH)–C–C–N with tert-alkyl or cyclic N) is 1. The Labute approximate surface area is 136 Å². The Kier molecular flexibility index (Phi) is 4.63. The van der Waals surface area contributed by atoms with Crippen molar-refractivity contribution >= 4 is 0 Å². The number of aliphatic hydroxyl groups excluding tert-OH is 1. The van der Waals surface area contributed by atoms with Crippen LogP contribution in [0.3, 0.4) is 0 Å². The maximum Gasteiger partial charge on any atom is 0.244 e. The first kappa shape index (κ1) is 16.0. The van der Waals surface area contributed by atoms with Gasteiger partial charge >= 0.3 is 0 Å². The van der Waals surface area contributed by atoms with Crippen LogP contribution in [-0.2, 0) is 0 Å². The van der Waals surface area contributed by atoms with Crippen molar-refractivity contribution < 1.29 is 14.4 Å². The summed E-state index contributed by atoms with van der Waals surface area (Å²) in [5.41, 5.74) is 0.889. The van der Waals surface area contributed by atoms with Gasteiger partial charge in [0.1, 0.15) is 5.75 Å². The number of hydrogen-bond donors (Lipinski definition) is 1. The zero-order valence-electron chi connectivity index (χ0n) is 13.8. The van der Waals surface area contributed by atoms with Crippen molar-refractivity contribution in [3.8, 4) is 17.1 Å². The second-order valence-corrected chi connectivity index (χ2v) is 6.19. The molecule has 0 spiro atoms. The van der Waals surface area contributed by atoms with E-state index in [-0.39, 0.29) is 12.1 Å². The number of aliphatic hydroxyl groups is 1. The van der Waals surface area contributed by atoms with Crippen LogP contribution in [0.5, 0.6) is 5.75 Å². The Morgan fingerprint density at radius 2 is 2.09 bits per heavy atom. The number of hydrogen-bond acceptors (Lipinski definition) is 6. The third kappa shape index (κ3) is 3.38. The average molecular weight is 317 g/mol. The van der Waals surface area contributed by atoms with E-state index in [1.165, 1.54) is 0 Å². The van der Waals surface area contributed by atoms with Gasteiger partial charge in [0.05, 0.1) is 19.3 Å². The summed E-state index contributed by atoms with van der Waals surface area (Å²) < 4.78 is 10.6. The van der Waals surface area contributed by atoms with E-state index in [4.69, 9.17) is 9.26 Å². The van der Waals surface area contributed by atoms with Crippen molar-refractivity contribution in [2.24, 2.45) is 5.92 Å². The molecule has 1 aliphatic heterocycles. The predicted molar refractivity (Wildman–Crippen MR) is 86.1 cm³/mol. The first-order valence-electron chi connectivity index (χ1n) is 7.98. The molecule has 0 amide bonds. The van der Waals surface area contributed by atoms with Crippen LogP contribution in [0, 0.1) is 5.92 Å². The van der Waals surface area contributed by atoms with Gasteiger partial charge in [-0.2, -0.15) is 4.98 Å². The molecule has 1 aromatic heterocycles. The number of methoxy groups -OCH3 is 1. The van der Waals surface area contributed by atoms with Crippen molar-refractivity contribution in [3.05, 3.63) is 30.2 Å². The smallest absolute Gasteiger partial charge is 0.244 e. The van der Waals surface area contributed by atoms with Crippen molar-refractivity contribution in [2.45, 2.75) is 32.4 Å². The first-order valence-corrected chi connectivity index (χ1v) is 7.98. The van der Waals surface area contributed by atoms with E-state index in [2.05, 4.69) is 22.0 Å². The van der Waals surface area contributed by atoms with Crippen LogP contribution in [0.4, 0.5) is 0 Å². The highest BCUT2D eigenvalue weighted by atomic mass is 16.5. The lowest BCUT2D eigenvalue weighted by atomic mass is 9.95. The summed E-state index contributed by atoms with van der Waals surface area (Å²) in [4.78, 5) is 6.70. The minimum absolute atomic E-state index is 0.00310. The van der Waals surface area contributed by atoms with E-state index in [0.29, 0.717) is 24.2 Å². The second kappa shape index (κ2) is 6.68. The second-order valence-electron chi connectivity index (χ2n) is 6.19. The van der Waals surface area contributed by atoms with E-state index in [9.17, 15) is 5.11 Å². The number of rotatable bonds is 4. The summed E-state index contributed by atoms with van der Waals surface area (Å²) in [7, 11) is 1.64. The zero-order chi connectivity index (χ0) is 16.4. The SMILES string of the molecule is COc1ccc(-c2noc(C(C)N3CCC(C)C(O)C3)n2)cc1. The molecule has 0 radical (unpaired) electrons. The van der Waals surface area contributed by atoms with Gasteiger partial charge in [0, 0.05) is 12.1 Å². The van der Waals surface area contributed by atoms with Crippen molar-refractivity contribution in [3.63, 3.8) is 0 Å². The van der Waals surface area contributed by atoms with Crippen molar-refractivity contribution in [1.29, 1.82) is 0 Å². The minimum atomic E-state index is -0.296. The molecule has 6 heteroatoms. The predicted octanol–water partition coefficient (Wildman–Crippen LogP) is 2.51. The standard InChI is InChI=1S/C17H23N3O3/c1-11-8-9-20(10-15(11)21)12(2)17-18-16(19-23-17)13-4-6-14(22-3)7-5-13/h4-7,11-12,15,21H,8-10H2,1-3H3. The van der Waals surface area contributed by atoms with Gasteiger partial charge in [0.15, 0.2) is 0 Å². The summed E-state index contributed by atoms with van der Waals surface area (Å²) in [5, 5.41) is 14.1. The summed E-state index contributed by atoms with van der Waals surface area (Å²) >= 11 is 0. The molecule has 1 fully saturated rings. The van der Waals surface area contributed by atoms with Crippen LogP contribution in [0.2, 0.25) is 0 Å². The molecular formula is C17H23N3O3. The topological polar surface area (TPSA) is 71.6 Å². The van der Waals surface area contributed by atoms with Gasteiger partial charge in [0.25, 0.3) is 0 Å². The highest BCUT2D eigenvalue weighted by molar-refractivity contribution is 5.55. The first-order chi connectivity index (χ1) is 11.1. The molecule has 0 saturated carbocycles. The van der Waals surface area contributed by atoms with Crippen LogP contribution in [-0.4, -0.2) is 46.5 Å². The maximum atomic E-state index is 10.1. The zero-order valence-corrected chi connectivity index (χ0v) is 13.8. The monoisotopic (exact) mass is 317 g/mol. The van der Waals surface area contributed by atoms with Gasteiger partial charge in [-0.05, 0) is 50.1 Å². The van der Waals surface area contributed by atoms with Gasteiger partial charge in [0.2, 0.25) is 11.7 Å². The summed E-state index contributed by atoms with van der Waals surface area (Å²) in [6.07, 6.45) is 0.681. The van der Waals surface area contributed by atoms with E-state index in [0.717, 1.165) is 24.3 Å². The Morgan fingerprint density at radius 3 is 2.74 bits per heavy atom. The third-order valence-electron chi connectivity index (χ3n) is 4.65. The Hall–Kier alpha value is -1.92. The van der Waals surface area contributed by atoms with Gasteiger partial charge in [-0.25, -0.2) is 0 Å². The number of aromatic nitrogens is 2. The number of nitrogens with zero attached hydrogens (tertiary/aromatic N) is 3. The van der Waals surface area contributed by atoms with Crippen LogP contribution >= 0.6 is 0 Å². The fourth-order valence-corrected chi connectivity index (χ4v) is 2.84. The fourth-order valence-electron chi connectivity index (χ4n) is 2.84. The summed E-state index contributed by atoms with van der Waals surface area (Å²) in [6, 6.07) is 7.56. The molecule has 23 heavy (non-hydrogen) atoms. The quantitative estimate of drug-likeness (QED) is 0.934. The number of benzene rings is 1. The minimum Gasteiger partial charge on any atom is -0.497 e. The van der Waals surface area contributed by atoms with E-state index < -0.39 is 0 Å². The molecule has 2 heterocycles. The molecule has 0 bridgehead atoms. The van der Waals surface area contributed by atoms with Crippen molar-refractivity contribution in [1.82, 2.24) is 15.0 Å². The van der Waals surface area contributed by atoms with Gasteiger partial charge in [-0.15, -0.1) is 0 Å². The van der Waals surface area contributed by atoms with Gasteiger partial charge in [-0.3, -0.25) is 4.90 Å². The number of likely N-dealkylation sites (tertiary alicyclic amines) is 1.